The molecule has 0 spiro atoms. The molecular formula is C14H11BrF2N2O2. The summed E-state index contributed by atoms with van der Waals surface area (Å²) in [5.74, 6) is -2.62. The Labute approximate surface area is 127 Å². The maximum atomic E-state index is 14.1. The van der Waals surface area contributed by atoms with Gasteiger partial charge in [0, 0.05) is 21.8 Å². The van der Waals surface area contributed by atoms with Crippen molar-refractivity contribution in [2.75, 3.05) is 0 Å². The molecule has 0 saturated heterocycles. The number of carboxylic acids is 1. The number of aromatic carboxylic acids is 1. The molecule has 1 N–H and O–H groups in total. The van der Waals surface area contributed by atoms with Crippen LogP contribution in [0.1, 0.15) is 34.6 Å². The smallest absolute Gasteiger partial charge is 0.356 e. The number of benzene rings is 1. The molecule has 3 rings (SSSR count). The van der Waals surface area contributed by atoms with E-state index in [1.54, 1.807) is 0 Å². The Morgan fingerprint density at radius 3 is 2.67 bits per heavy atom. The van der Waals surface area contributed by atoms with Gasteiger partial charge in [0.2, 0.25) is 0 Å². The number of aromatic nitrogens is 2. The standard InChI is InChI=1S/C14H11BrF2N2O2/c15-9-5-7(16)6-10(17)13(9)19-11-4-2-1-3-8(11)12(18-19)14(20)21/h5-6H,1-4H2,(H,20,21). The van der Waals surface area contributed by atoms with Gasteiger partial charge in [0.25, 0.3) is 0 Å². The molecule has 1 aliphatic rings. The number of rotatable bonds is 2. The van der Waals surface area contributed by atoms with Crippen LogP contribution in [0.5, 0.6) is 0 Å². The summed E-state index contributed by atoms with van der Waals surface area (Å²) in [4.78, 5) is 11.3. The second-order valence-corrected chi connectivity index (χ2v) is 5.77. The lowest BCUT2D eigenvalue weighted by molar-refractivity contribution is 0.0688. The Balaban J connectivity index is 2.26. The highest BCUT2D eigenvalue weighted by atomic mass is 79.9. The summed E-state index contributed by atoms with van der Waals surface area (Å²) in [6, 6.07) is 1.90. The summed E-state index contributed by atoms with van der Waals surface area (Å²) in [7, 11) is 0. The molecule has 1 aliphatic carbocycles. The van der Waals surface area contributed by atoms with Gasteiger partial charge in [0.1, 0.15) is 11.5 Å². The van der Waals surface area contributed by atoms with Gasteiger partial charge >= 0.3 is 5.97 Å². The van der Waals surface area contributed by atoms with Crippen LogP contribution in [-0.2, 0) is 12.8 Å². The normalized spacial score (nSPS) is 14.0. The van der Waals surface area contributed by atoms with Gasteiger partial charge in [0.05, 0.1) is 0 Å². The van der Waals surface area contributed by atoms with E-state index in [4.69, 9.17) is 0 Å². The molecule has 0 atom stereocenters. The highest BCUT2D eigenvalue weighted by molar-refractivity contribution is 9.10. The minimum atomic E-state index is -1.13. The average molecular weight is 357 g/mol. The molecule has 21 heavy (non-hydrogen) atoms. The summed E-state index contributed by atoms with van der Waals surface area (Å²) in [6.45, 7) is 0. The molecule has 0 amide bonds. The monoisotopic (exact) mass is 356 g/mol. The van der Waals surface area contributed by atoms with E-state index in [0.29, 0.717) is 24.1 Å². The van der Waals surface area contributed by atoms with E-state index in [2.05, 4.69) is 21.0 Å². The van der Waals surface area contributed by atoms with Crippen molar-refractivity contribution in [3.05, 3.63) is 45.2 Å². The number of hydrogen-bond donors (Lipinski definition) is 1. The molecule has 2 aromatic rings. The Morgan fingerprint density at radius 2 is 2.00 bits per heavy atom. The van der Waals surface area contributed by atoms with E-state index in [1.165, 1.54) is 4.68 Å². The third-order valence-electron chi connectivity index (χ3n) is 3.58. The fourth-order valence-corrected chi connectivity index (χ4v) is 3.27. The van der Waals surface area contributed by atoms with Gasteiger partial charge in [-0.1, -0.05) is 0 Å². The van der Waals surface area contributed by atoms with Crippen molar-refractivity contribution < 1.29 is 18.7 Å². The first kappa shape index (κ1) is 14.2. The van der Waals surface area contributed by atoms with Gasteiger partial charge in [-0.3, -0.25) is 0 Å². The predicted octanol–water partition coefficient (Wildman–Crippen LogP) is 3.49. The van der Waals surface area contributed by atoms with E-state index < -0.39 is 17.6 Å². The Kier molecular flexibility index (Phi) is 3.52. The zero-order valence-electron chi connectivity index (χ0n) is 10.9. The number of carbonyl (C=O) groups is 1. The number of fused-ring (bicyclic) bond motifs is 1. The summed E-state index contributed by atoms with van der Waals surface area (Å²) in [5, 5.41) is 13.3. The highest BCUT2D eigenvalue weighted by Gasteiger charge is 2.27. The topological polar surface area (TPSA) is 55.1 Å². The number of hydrogen-bond acceptors (Lipinski definition) is 2. The minimum Gasteiger partial charge on any atom is -0.476 e. The van der Waals surface area contributed by atoms with Crippen LogP contribution < -0.4 is 0 Å². The lowest BCUT2D eigenvalue weighted by Gasteiger charge is -2.15. The number of nitrogens with zero attached hydrogens (tertiary/aromatic N) is 2. The van der Waals surface area contributed by atoms with Gasteiger partial charge in [-0.05, 0) is 47.7 Å². The van der Waals surface area contributed by atoms with Gasteiger partial charge in [-0.2, -0.15) is 5.10 Å². The number of halogens is 3. The Bertz CT molecular complexity index is 720. The molecule has 1 aromatic heterocycles. The van der Waals surface area contributed by atoms with E-state index in [9.17, 15) is 18.7 Å². The molecule has 0 aliphatic heterocycles. The predicted molar refractivity (Wildman–Crippen MR) is 74.8 cm³/mol. The van der Waals surface area contributed by atoms with Crippen LogP contribution in [0.25, 0.3) is 5.69 Å². The van der Waals surface area contributed by atoms with Crippen molar-refractivity contribution in [3.63, 3.8) is 0 Å². The van der Waals surface area contributed by atoms with Gasteiger partial charge < -0.3 is 5.11 Å². The third kappa shape index (κ3) is 2.35. The van der Waals surface area contributed by atoms with E-state index in [0.717, 1.165) is 25.0 Å². The van der Waals surface area contributed by atoms with Crippen molar-refractivity contribution >= 4 is 21.9 Å². The van der Waals surface area contributed by atoms with Crippen molar-refractivity contribution in [1.82, 2.24) is 9.78 Å². The van der Waals surface area contributed by atoms with Gasteiger partial charge in [-0.15, -0.1) is 0 Å². The quantitative estimate of drug-likeness (QED) is 0.895. The van der Waals surface area contributed by atoms with Crippen LogP contribution in [-0.4, -0.2) is 20.9 Å². The lowest BCUT2D eigenvalue weighted by Crippen LogP contribution is -2.10. The first-order valence-electron chi connectivity index (χ1n) is 6.48. The van der Waals surface area contributed by atoms with Gasteiger partial charge in [-0.25, -0.2) is 18.3 Å². The van der Waals surface area contributed by atoms with Crippen molar-refractivity contribution in [2.45, 2.75) is 25.7 Å². The molecule has 0 bridgehead atoms. The highest BCUT2D eigenvalue weighted by Crippen LogP contribution is 2.31. The summed E-state index contributed by atoms with van der Waals surface area (Å²) < 4.78 is 28.8. The molecule has 110 valence electrons. The molecule has 1 aromatic carbocycles. The molecule has 0 saturated carbocycles. The lowest BCUT2D eigenvalue weighted by atomic mass is 9.95. The fraction of sp³-hybridized carbons (Fsp3) is 0.286. The zero-order valence-corrected chi connectivity index (χ0v) is 12.5. The molecule has 1 heterocycles. The Morgan fingerprint density at radius 1 is 1.29 bits per heavy atom. The molecule has 0 unspecified atom stereocenters. The van der Waals surface area contributed by atoms with Crippen LogP contribution in [0.15, 0.2) is 16.6 Å². The molecular weight excluding hydrogens is 346 g/mol. The van der Waals surface area contributed by atoms with Gasteiger partial charge in [0.15, 0.2) is 11.5 Å². The summed E-state index contributed by atoms with van der Waals surface area (Å²) >= 11 is 3.12. The first-order chi connectivity index (χ1) is 9.99. The second kappa shape index (κ2) is 5.22. The molecule has 7 heteroatoms. The van der Waals surface area contributed by atoms with E-state index in [-0.39, 0.29) is 15.9 Å². The van der Waals surface area contributed by atoms with Crippen molar-refractivity contribution in [1.29, 1.82) is 0 Å². The van der Waals surface area contributed by atoms with Crippen LogP contribution in [0, 0.1) is 11.6 Å². The average Bonchev–Trinajstić information content (AvgIpc) is 2.78. The van der Waals surface area contributed by atoms with Crippen molar-refractivity contribution in [3.8, 4) is 5.69 Å². The van der Waals surface area contributed by atoms with Crippen molar-refractivity contribution in [2.24, 2.45) is 0 Å². The second-order valence-electron chi connectivity index (χ2n) is 4.92. The molecule has 4 nitrogen and oxygen atoms in total. The maximum absolute atomic E-state index is 14.1. The summed E-state index contributed by atoms with van der Waals surface area (Å²) in [6.07, 6.45) is 3.00. The van der Waals surface area contributed by atoms with E-state index in [1.807, 2.05) is 0 Å². The fourth-order valence-electron chi connectivity index (χ4n) is 2.69. The first-order valence-corrected chi connectivity index (χ1v) is 7.27. The van der Waals surface area contributed by atoms with Crippen LogP contribution >= 0.6 is 15.9 Å². The largest absolute Gasteiger partial charge is 0.476 e. The number of carboxylic acid groups (broad SMARTS) is 1. The molecule has 0 radical (unpaired) electrons. The maximum Gasteiger partial charge on any atom is 0.356 e. The molecule has 0 fully saturated rings. The summed E-state index contributed by atoms with van der Waals surface area (Å²) in [5.41, 5.74) is 1.32. The van der Waals surface area contributed by atoms with Crippen LogP contribution in [0.3, 0.4) is 0 Å². The SMILES string of the molecule is O=C(O)c1nn(-c2c(F)cc(F)cc2Br)c2c1CCCC2. The van der Waals surface area contributed by atoms with Crippen LogP contribution in [0.4, 0.5) is 8.78 Å². The zero-order chi connectivity index (χ0) is 15.1. The van der Waals surface area contributed by atoms with E-state index >= 15 is 0 Å². The third-order valence-corrected chi connectivity index (χ3v) is 4.18. The van der Waals surface area contributed by atoms with Crippen LogP contribution in [0.2, 0.25) is 0 Å². The Hall–Kier alpha value is -1.76. The minimum absolute atomic E-state index is 0.0436.